The average molecular weight is 662 g/mol. The zero-order chi connectivity index (χ0) is 33.5. The number of hydrogen-bond acceptors (Lipinski definition) is 7. The number of alkyl halides is 3. The Morgan fingerprint density at radius 1 is 0.979 bits per heavy atom. The van der Waals surface area contributed by atoms with Crippen LogP contribution in [0.3, 0.4) is 0 Å². The molecule has 0 saturated carbocycles. The second kappa shape index (κ2) is 12.0. The van der Waals surface area contributed by atoms with E-state index in [0.717, 1.165) is 10.9 Å². The Morgan fingerprint density at radius 2 is 1.68 bits per heavy atom. The predicted octanol–water partition coefficient (Wildman–Crippen LogP) is 5.82. The Morgan fingerprint density at radius 3 is 2.34 bits per heavy atom. The summed E-state index contributed by atoms with van der Waals surface area (Å²) >= 11 is 0. The first-order chi connectivity index (χ1) is 22.4. The maximum atomic E-state index is 14.3. The SMILES string of the molecule is COc1ccc(-n2nc(C(F)(F)F)c3c2C(=O)N(c2ccc(-c4ccccc4S(C)(=O)=O)cc2)CC3)c(C(=O)Nc2ccncc2)c1. The first kappa shape index (κ1) is 31.5. The van der Waals surface area contributed by atoms with E-state index < -0.39 is 33.5 Å². The summed E-state index contributed by atoms with van der Waals surface area (Å²) in [6.45, 7) is -0.0715. The fourth-order valence-corrected chi connectivity index (χ4v) is 6.41. The summed E-state index contributed by atoms with van der Waals surface area (Å²) in [4.78, 5) is 32.9. The first-order valence-corrected chi connectivity index (χ1v) is 16.1. The second-order valence-electron chi connectivity index (χ2n) is 10.7. The molecule has 0 bridgehead atoms. The molecule has 5 aromatic rings. The van der Waals surface area contributed by atoms with Crippen molar-refractivity contribution in [2.75, 3.05) is 30.1 Å². The monoisotopic (exact) mass is 661 g/mol. The van der Waals surface area contributed by atoms with Gasteiger partial charge in [0.25, 0.3) is 11.8 Å². The Kier molecular flexibility index (Phi) is 8.05. The fourth-order valence-electron chi connectivity index (χ4n) is 5.50. The van der Waals surface area contributed by atoms with Gasteiger partial charge in [0, 0.05) is 47.7 Å². The molecule has 0 spiro atoms. The molecule has 1 aliphatic heterocycles. The summed E-state index contributed by atoms with van der Waals surface area (Å²) in [5.41, 5.74) is -0.163. The third kappa shape index (κ3) is 6.06. The van der Waals surface area contributed by atoms with Gasteiger partial charge in [0.2, 0.25) is 0 Å². The number of nitrogens with zero attached hydrogens (tertiary/aromatic N) is 4. The van der Waals surface area contributed by atoms with Crippen LogP contribution in [0.25, 0.3) is 16.8 Å². The van der Waals surface area contributed by atoms with Crippen molar-refractivity contribution >= 4 is 33.0 Å². The van der Waals surface area contributed by atoms with Crippen LogP contribution >= 0.6 is 0 Å². The molecule has 1 aliphatic rings. The number of pyridine rings is 1. The highest BCUT2D eigenvalue weighted by molar-refractivity contribution is 7.90. The van der Waals surface area contributed by atoms with E-state index in [0.29, 0.717) is 22.5 Å². The number of halogens is 3. The van der Waals surface area contributed by atoms with E-state index in [-0.39, 0.29) is 46.1 Å². The molecule has 2 aromatic heterocycles. The van der Waals surface area contributed by atoms with Crippen molar-refractivity contribution in [1.29, 1.82) is 0 Å². The van der Waals surface area contributed by atoms with E-state index in [1.165, 1.54) is 48.7 Å². The molecule has 14 heteroatoms. The van der Waals surface area contributed by atoms with Gasteiger partial charge in [-0.1, -0.05) is 30.3 Å². The van der Waals surface area contributed by atoms with Crippen molar-refractivity contribution in [2.24, 2.45) is 0 Å². The molecule has 6 rings (SSSR count). The van der Waals surface area contributed by atoms with Crippen LogP contribution < -0.4 is 15.0 Å². The molecule has 3 heterocycles. The zero-order valence-electron chi connectivity index (χ0n) is 24.9. The van der Waals surface area contributed by atoms with Gasteiger partial charge in [-0.15, -0.1) is 0 Å². The summed E-state index contributed by atoms with van der Waals surface area (Å²) in [5.74, 6) is -1.17. The van der Waals surface area contributed by atoms with Gasteiger partial charge in [-0.25, -0.2) is 13.1 Å². The first-order valence-electron chi connectivity index (χ1n) is 14.2. The highest BCUT2D eigenvalue weighted by Crippen LogP contribution is 2.38. The summed E-state index contributed by atoms with van der Waals surface area (Å²) in [6.07, 6.45) is -1.00. The van der Waals surface area contributed by atoms with Gasteiger partial charge < -0.3 is 15.0 Å². The lowest BCUT2D eigenvalue weighted by Crippen LogP contribution is -2.39. The molecular formula is C33H26F3N5O5S. The molecule has 47 heavy (non-hydrogen) atoms. The van der Waals surface area contributed by atoms with Crippen molar-refractivity contribution in [3.8, 4) is 22.6 Å². The molecule has 0 fully saturated rings. The second-order valence-corrected chi connectivity index (χ2v) is 12.7. The standard InChI is InChI=1S/C33H26F3N5O5S/c1-46-23-11-12-27(26(19-23)31(42)38-21-13-16-37-17-14-21)41-29-25(30(39-41)33(34,35)36)15-18-40(32(29)43)22-9-7-20(8-10-22)24-5-3-4-6-28(24)47(2,44)45/h3-14,16-17,19H,15,18H2,1-2H3,(H,37,38,42). The minimum atomic E-state index is -4.88. The molecule has 0 aliphatic carbocycles. The van der Waals surface area contributed by atoms with Gasteiger partial charge in [0.1, 0.15) is 11.4 Å². The molecule has 0 atom stereocenters. The summed E-state index contributed by atoms with van der Waals surface area (Å²) in [5, 5.41) is 6.54. The van der Waals surface area contributed by atoms with E-state index in [2.05, 4.69) is 15.4 Å². The number of anilines is 2. The quantitative estimate of drug-likeness (QED) is 0.233. The van der Waals surface area contributed by atoms with Crippen molar-refractivity contribution in [1.82, 2.24) is 14.8 Å². The van der Waals surface area contributed by atoms with Crippen molar-refractivity contribution in [3.63, 3.8) is 0 Å². The number of carbonyl (C=O) groups excluding carboxylic acids is 2. The maximum Gasteiger partial charge on any atom is 0.435 e. The van der Waals surface area contributed by atoms with Gasteiger partial charge in [-0.05, 0) is 60.5 Å². The van der Waals surface area contributed by atoms with E-state index >= 15 is 0 Å². The highest BCUT2D eigenvalue weighted by Gasteiger charge is 2.43. The lowest BCUT2D eigenvalue weighted by atomic mass is 10.0. The molecule has 0 radical (unpaired) electrons. The summed E-state index contributed by atoms with van der Waals surface area (Å²) < 4.78 is 73.7. The van der Waals surface area contributed by atoms with Gasteiger partial charge in [-0.2, -0.15) is 18.3 Å². The van der Waals surface area contributed by atoms with Crippen molar-refractivity contribution < 1.29 is 35.9 Å². The van der Waals surface area contributed by atoms with Crippen LogP contribution in [0.15, 0.2) is 96.2 Å². The Labute approximate surface area is 267 Å². The number of fused-ring (bicyclic) bond motifs is 1. The van der Waals surface area contributed by atoms with Crippen molar-refractivity contribution in [3.05, 3.63) is 114 Å². The minimum Gasteiger partial charge on any atom is -0.497 e. The molecule has 0 unspecified atom stereocenters. The third-order valence-corrected chi connectivity index (χ3v) is 8.83. The molecule has 2 amide bonds. The zero-order valence-corrected chi connectivity index (χ0v) is 25.8. The van der Waals surface area contributed by atoms with Crippen molar-refractivity contribution in [2.45, 2.75) is 17.5 Å². The Bertz CT molecular complexity index is 2120. The van der Waals surface area contributed by atoms with Crippen LogP contribution in [0.2, 0.25) is 0 Å². The van der Waals surface area contributed by atoms with Gasteiger partial charge in [0.15, 0.2) is 15.5 Å². The predicted molar refractivity (Wildman–Crippen MR) is 168 cm³/mol. The number of amides is 2. The molecule has 3 aromatic carbocycles. The lowest BCUT2D eigenvalue weighted by Gasteiger charge is -2.28. The molecule has 240 valence electrons. The van der Waals surface area contributed by atoms with Gasteiger partial charge >= 0.3 is 6.18 Å². The van der Waals surface area contributed by atoms with E-state index in [9.17, 15) is 31.2 Å². The van der Waals surface area contributed by atoms with Crippen LogP contribution in [-0.4, -0.2) is 54.9 Å². The van der Waals surface area contributed by atoms with Crippen LogP contribution in [0, 0.1) is 0 Å². The molecule has 0 saturated heterocycles. The Balaban J connectivity index is 1.43. The number of nitrogens with one attached hydrogen (secondary N) is 1. The number of sulfone groups is 1. The third-order valence-electron chi connectivity index (χ3n) is 7.68. The number of ether oxygens (including phenoxy) is 1. The maximum absolute atomic E-state index is 14.3. The highest BCUT2D eigenvalue weighted by atomic mass is 32.2. The smallest absolute Gasteiger partial charge is 0.435 e. The Hall–Kier alpha value is -5.50. The van der Waals surface area contributed by atoms with Gasteiger partial charge in [0.05, 0.1) is 23.3 Å². The van der Waals surface area contributed by atoms with E-state index in [1.807, 2.05) is 0 Å². The van der Waals surface area contributed by atoms with Crippen LogP contribution in [0.4, 0.5) is 24.5 Å². The van der Waals surface area contributed by atoms with Crippen LogP contribution in [0.5, 0.6) is 5.75 Å². The number of rotatable bonds is 7. The fraction of sp³-hybridized carbons (Fsp3) is 0.152. The average Bonchev–Trinajstić information content (AvgIpc) is 3.46. The number of hydrogen-bond donors (Lipinski definition) is 1. The molecule has 10 nitrogen and oxygen atoms in total. The van der Waals surface area contributed by atoms with E-state index in [4.69, 9.17) is 4.74 Å². The molecule has 1 N–H and O–H groups in total. The number of aromatic nitrogens is 3. The number of carbonyl (C=O) groups is 2. The normalized spacial score (nSPS) is 13.3. The summed E-state index contributed by atoms with van der Waals surface area (Å²) in [7, 11) is -2.15. The van der Waals surface area contributed by atoms with E-state index in [1.54, 1.807) is 54.6 Å². The molecular weight excluding hydrogens is 635 g/mol. The van der Waals surface area contributed by atoms with Crippen LogP contribution in [0.1, 0.15) is 32.1 Å². The van der Waals surface area contributed by atoms with Gasteiger partial charge in [-0.3, -0.25) is 14.6 Å². The number of benzene rings is 3. The van der Waals surface area contributed by atoms with Crippen LogP contribution in [-0.2, 0) is 22.4 Å². The topological polar surface area (TPSA) is 123 Å². The largest absolute Gasteiger partial charge is 0.497 e. The minimum absolute atomic E-state index is 0.0629. The summed E-state index contributed by atoms with van der Waals surface area (Å²) in [6, 6.07) is 20.2. The lowest BCUT2D eigenvalue weighted by molar-refractivity contribution is -0.141. The number of methoxy groups -OCH3 is 1.